The summed E-state index contributed by atoms with van der Waals surface area (Å²) in [6.45, 7) is 2.40. The van der Waals surface area contributed by atoms with E-state index in [1.54, 1.807) is 19.2 Å². The molecular formula is C22H23F3N2O4. The van der Waals surface area contributed by atoms with Crippen LogP contribution < -0.4 is 5.32 Å². The van der Waals surface area contributed by atoms with E-state index in [0.29, 0.717) is 18.5 Å². The maximum atomic E-state index is 13.3. The van der Waals surface area contributed by atoms with Crippen molar-refractivity contribution in [3.8, 4) is 16.9 Å². The Kier molecular flexibility index (Phi) is 6.33. The molecule has 31 heavy (non-hydrogen) atoms. The lowest BCUT2D eigenvalue weighted by molar-refractivity contribution is -0.141. The number of carbonyl (C=O) groups is 1. The van der Waals surface area contributed by atoms with Gasteiger partial charge in [0.25, 0.3) is 0 Å². The summed E-state index contributed by atoms with van der Waals surface area (Å²) in [5.41, 5.74) is -0.197. The molecule has 3 rings (SSSR count). The third-order valence-electron chi connectivity index (χ3n) is 4.87. The lowest BCUT2D eigenvalue weighted by Gasteiger charge is -2.16. The molecule has 1 aliphatic heterocycles. The molecule has 0 saturated heterocycles. The summed E-state index contributed by atoms with van der Waals surface area (Å²) in [6.07, 6.45) is 1.13. The number of aromatic hydroxyl groups is 1. The minimum absolute atomic E-state index is 0.0217. The van der Waals surface area contributed by atoms with Crippen molar-refractivity contribution in [1.29, 1.82) is 0 Å². The number of hydrogen-bond acceptors (Lipinski definition) is 6. The molecule has 9 heteroatoms. The van der Waals surface area contributed by atoms with Crippen molar-refractivity contribution < 1.29 is 32.2 Å². The molecule has 2 heterocycles. The first-order valence-electron chi connectivity index (χ1n) is 9.62. The first kappa shape index (κ1) is 22.3. The number of carbonyl (C=O) groups excluding carboxylic acids is 1. The maximum absolute atomic E-state index is 13.3. The quantitative estimate of drug-likeness (QED) is 0.629. The van der Waals surface area contributed by atoms with Gasteiger partial charge in [-0.1, -0.05) is 31.2 Å². The number of rotatable bonds is 6. The molecule has 0 amide bonds. The van der Waals surface area contributed by atoms with Crippen LogP contribution in [0, 0.1) is 0 Å². The van der Waals surface area contributed by atoms with Crippen molar-refractivity contribution in [2.24, 2.45) is 0 Å². The third-order valence-corrected chi connectivity index (χ3v) is 4.87. The second-order valence-corrected chi connectivity index (χ2v) is 7.12. The molecule has 1 aromatic heterocycles. The fourth-order valence-electron chi connectivity index (χ4n) is 3.28. The molecule has 0 radical (unpaired) electrons. The van der Waals surface area contributed by atoms with Gasteiger partial charge in [0.1, 0.15) is 6.04 Å². The number of benzene rings is 1. The van der Waals surface area contributed by atoms with Crippen LogP contribution in [0.25, 0.3) is 16.7 Å². The van der Waals surface area contributed by atoms with Crippen LogP contribution in [-0.2, 0) is 15.7 Å². The lowest BCUT2D eigenvalue weighted by Crippen LogP contribution is -2.29. The molecule has 0 spiro atoms. The fraction of sp³-hybridized carbons (Fsp3) is 0.318. The smallest absolute Gasteiger partial charge is 0.416 e. The Morgan fingerprint density at radius 2 is 2.13 bits per heavy atom. The van der Waals surface area contributed by atoms with E-state index in [9.17, 15) is 23.1 Å². The number of esters is 1. The summed E-state index contributed by atoms with van der Waals surface area (Å²) < 4.78 is 50.4. The van der Waals surface area contributed by atoms with Crippen LogP contribution in [-0.4, -0.2) is 42.7 Å². The van der Waals surface area contributed by atoms with Crippen LogP contribution in [0.5, 0.6) is 5.75 Å². The minimum Gasteiger partial charge on any atom is -0.504 e. The van der Waals surface area contributed by atoms with Gasteiger partial charge in [-0.3, -0.25) is 0 Å². The topological polar surface area (TPSA) is 74.9 Å². The van der Waals surface area contributed by atoms with Gasteiger partial charge in [-0.2, -0.15) is 13.2 Å². The van der Waals surface area contributed by atoms with E-state index >= 15 is 0 Å². The van der Waals surface area contributed by atoms with Crippen molar-refractivity contribution in [2.75, 3.05) is 26.0 Å². The number of nitrogens with one attached hydrogen (secondary N) is 1. The van der Waals surface area contributed by atoms with Gasteiger partial charge in [0.05, 0.1) is 18.2 Å². The molecule has 0 saturated carbocycles. The van der Waals surface area contributed by atoms with E-state index in [1.807, 2.05) is 18.0 Å². The number of nitrogens with zero attached hydrogens (tertiary/aromatic N) is 1. The normalized spacial score (nSPS) is 14.9. The van der Waals surface area contributed by atoms with Gasteiger partial charge in [-0.25, -0.2) is 4.79 Å². The van der Waals surface area contributed by atoms with Gasteiger partial charge in [-0.05, 0) is 24.1 Å². The summed E-state index contributed by atoms with van der Waals surface area (Å²) in [5.74, 6) is -0.830. The van der Waals surface area contributed by atoms with E-state index in [2.05, 4.69) is 5.32 Å². The van der Waals surface area contributed by atoms with Crippen molar-refractivity contribution >= 4 is 17.4 Å². The molecule has 2 aromatic rings. The van der Waals surface area contributed by atoms with Crippen molar-refractivity contribution in [3.63, 3.8) is 0 Å². The van der Waals surface area contributed by atoms with E-state index in [0.717, 1.165) is 12.1 Å². The van der Waals surface area contributed by atoms with Gasteiger partial charge in [0.2, 0.25) is 5.88 Å². The predicted molar refractivity (Wildman–Crippen MR) is 110 cm³/mol. The highest BCUT2D eigenvalue weighted by atomic mass is 19.4. The molecule has 6 nitrogen and oxygen atoms in total. The Labute approximate surface area is 177 Å². The van der Waals surface area contributed by atoms with Crippen molar-refractivity contribution in [2.45, 2.75) is 25.6 Å². The third kappa shape index (κ3) is 4.70. The van der Waals surface area contributed by atoms with Crippen LogP contribution in [0.2, 0.25) is 0 Å². The van der Waals surface area contributed by atoms with Gasteiger partial charge in [0.15, 0.2) is 11.5 Å². The van der Waals surface area contributed by atoms with Gasteiger partial charge < -0.3 is 24.5 Å². The minimum atomic E-state index is -4.55. The molecule has 1 unspecified atom stereocenters. The summed E-state index contributed by atoms with van der Waals surface area (Å²) in [6, 6.07) is 3.74. The summed E-state index contributed by atoms with van der Waals surface area (Å²) in [5, 5.41) is 13.8. The fourth-order valence-corrected chi connectivity index (χ4v) is 3.28. The Morgan fingerprint density at radius 1 is 1.39 bits per heavy atom. The van der Waals surface area contributed by atoms with Gasteiger partial charge in [-0.15, -0.1) is 0 Å². The first-order chi connectivity index (χ1) is 14.7. The Balaban J connectivity index is 2.16. The second-order valence-electron chi connectivity index (χ2n) is 7.12. The number of anilines is 1. The van der Waals surface area contributed by atoms with Crippen molar-refractivity contribution in [3.05, 3.63) is 53.9 Å². The number of ether oxygens (including phenoxy) is 1. The number of hydrogen-bond donors (Lipinski definition) is 2. The highest BCUT2D eigenvalue weighted by Gasteiger charge is 2.32. The number of allylic oxidation sites excluding steroid dienone is 2. The zero-order valence-corrected chi connectivity index (χ0v) is 17.3. The molecular weight excluding hydrogens is 413 g/mol. The van der Waals surface area contributed by atoms with E-state index in [-0.39, 0.29) is 28.5 Å². The van der Waals surface area contributed by atoms with Crippen LogP contribution in [0.4, 0.5) is 19.1 Å². The molecule has 0 fully saturated rings. The predicted octanol–water partition coefficient (Wildman–Crippen LogP) is 4.88. The maximum Gasteiger partial charge on any atom is 0.416 e. The SMILES string of the molecule is CCC(Nc1oc(C2=CN(C)CC=C2)c(O)c1-c1cccc(C(F)(F)F)c1)C(=O)OC. The molecule has 0 aliphatic carbocycles. The van der Waals surface area contributed by atoms with Crippen LogP contribution >= 0.6 is 0 Å². The second kappa shape index (κ2) is 8.79. The number of methoxy groups -OCH3 is 1. The monoisotopic (exact) mass is 436 g/mol. The van der Waals surface area contributed by atoms with Crippen LogP contribution in [0.3, 0.4) is 0 Å². The number of halogens is 3. The van der Waals surface area contributed by atoms with E-state index in [4.69, 9.17) is 9.15 Å². The molecule has 1 atom stereocenters. The Hall–Kier alpha value is -3.36. The molecule has 166 valence electrons. The lowest BCUT2D eigenvalue weighted by atomic mass is 10.0. The Morgan fingerprint density at radius 3 is 2.74 bits per heavy atom. The van der Waals surface area contributed by atoms with Crippen LogP contribution in [0.1, 0.15) is 24.7 Å². The largest absolute Gasteiger partial charge is 0.504 e. The number of alkyl halides is 3. The summed E-state index contributed by atoms with van der Waals surface area (Å²) >= 11 is 0. The van der Waals surface area contributed by atoms with Gasteiger partial charge >= 0.3 is 12.1 Å². The van der Waals surface area contributed by atoms with E-state index < -0.39 is 23.8 Å². The molecule has 1 aliphatic rings. The average molecular weight is 436 g/mol. The zero-order valence-electron chi connectivity index (χ0n) is 17.3. The highest BCUT2D eigenvalue weighted by Crippen LogP contribution is 2.46. The molecule has 2 N–H and O–H groups in total. The molecule has 0 bridgehead atoms. The average Bonchev–Trinajstić information content (AvgIpc) is 3.06. The van der Waals surface area contributed by atoms with Gasteiger partial charge in [0, 0.05) is 25.4 Å². The zero-order chi connectivity index (χ0) is 22.8. The van der Waals surface area contributed by atoms with E-state index in [1.165, 1.54) is 19.2 Å². The Bertz CT molecular complexity index is 1020. The standard InChI is InChI=1S/C22H23F3N2O4/c1-4-16(21(29)30-3)26-20-17(13-7-5-9-15(11-13)22(23,24)25)18(28)19(31-20)14-8-6-10-27(2)12-14/h5-9,11-12,16,26,28H,4,10H2,1-3H3. The van der Waals surface area contributed by atoms with Crippen molar-refractivity contribution in [1.82, 2.24) is 4.90 Å². The number of furan rings is 1. The molecule has 1 aromatic carbocycles. The highest BCUT2D eigenvalue weighted by molar-refractivity contribution is 5.90. The number of likely N-dealkylation sites (N-methyl/N-ethyl adjacent to an activating group) is 1. The first-order valence-corrected chi connectivity index (χ1v) is 9.62. The summed E-state index contributed by atoms with van der Waals surface area (Å²) in [4.78, 5) is 13.9. The van der Waals surface area contributed by atoms with Crippen LogP contribution in [0.15, 0.2) is 47.0 Å². The summed E-state index contributed by atoms with van der Waals surface area (Å²) in [7, 11) is 3.07.